The van der Waals surface area contributed by atoms with Crippen LogP contribution in [0.15, 0.2) is 36.4 Å². The average molecular weight is 413 g/mol. The molecule has 0 bridgehead atoms. The number of rotatable bonds is 3. The third-order valence-corrected chi connectivity index (χ3v) is 5.76. The maximum atomic E-state index is 9.73. The predicted molar refractivity (Wildman–Crippen MR) is 119 cm³/mol. The second kappa shape index (κ2) is 7.54. The smallest absolute Gasteiger partial charge is 0.128 e. The minimum absolute atomic E-state index is 0.0892. The molecule has 0 radical (unpaired) electrons. The van der Waals surface area contributed by atoms with Crippen molar-refractivity contribution in [2.45, 2.75) is 26.3 Å². The number of nitrogens with zero attached hydrogens (tertiary/aromatic N) is 2. The summed E-state index contributed by atoms with van der Waals surface area (Å²) in [5, 5.41) is 10.7. The summed E-state index contributed by atoms with van der Waals surface area (Å²) in [6, 6.07) is 11.4. The normalized spacial score (nSPS) is 15.6. The van der Waals surface area contributed by atoms with E-state index in [4.69, 9.17) is 27.9 Å². The topological polar surface area (TPSA) is 36.3 Å². The number of methoxy groups -OCH3 is 1. The lowest BCUT2D eigenvalue weighted by Gasteiger charge is -2.41. The largest absolute Gasteiger partial charge is 0.496 e. The highest BCUT2D eigenvalue weighted by atomic mass is 35.5. The quantitative estimate of drug-likeness (QED) is 0.415. The number of likely N-dealkylation sites (N-methyl/N-ethyl adjacent to an activating group) is 1. The zero-order valence-corrected chi connectivity index (χ0v) is 18.1. The molecule has 0 amide bonds. The predicted octanol–water partition coefficient (Wildman–Crippen LogP) is 6.70. The molecule has 0 fully saturated rings. The molecule has 3 rings (SSSR count). The van der Waals surface area contributed by atoms with Crippen LogP contribution in [0.3, 0.4) is 0 Å². The molecule has 1 aliphatic rings. The Kier molecular flexibility index (Phi) is 5.48. The van der Waals surface area contributed by atoms with Crippen LogP contribution in [0.25, 0.3) is 17.2 Å². The van der Waals surface area contributed by atoms with Gasteiger partial charge in [-0.25, -0.2) is 0 Å². The monoisotopic (exact) mass is 412 g/mol. The molecule has 0 unspecified atom stereocenters. The lowest BCUT2D eigenvalue weighted by molar-refractivity contribution is 0.413. The number of hydrogen-bond acceptors (Lipinski definition) is 3. The van der Waals surface area contributed by atoms with Gasteiger partial charge in [0, 0.05) is 40.5 Å². The van der Waals surface area contributed by atoms with Gasteiger partial charge in [0.1, 0.15) is 5.75 Å². The second-order valence-corrected chi connectivity index (χ2v) is 8.29. The summed E-state index contributed by atoms with van der Waals surface area (Å²) in [5.41, 5.74) is 5.23. The van der Waals surface area contributed by atoms with Gasteiger partial charge < -0.3 is 9.64 Å². The molecule has 0 aromatic heterocycles. The van der Waals surface area contributed by atoms with E-state index in [9.17, 15) is 5.26 Å². The minimum atomic E-state index is -0.0892. The Hall–Kier alpha value is -2.41. The van der Waals surface area contributed by atoms with Crippen molar-refractivity contribution in [3.05, 3.63) is 63.1 Å². The molecule has 1 aliphatic heterocycles. The van der Waals surface area contributed by atoms with Crippen molar-refractivity contribution in [3.8, 4) is 11.8 Å². The Bertz CT molecular complexity index is 1050. The van der Waals surface area contributed by atoms with Gasteiger partial charge in [0.15, 0.2) is 0 Å². The molecule has 0 saturated heterocycles. The first-order valence-corrected chi connectivity index (χ1v) is 9.66. The van der Waals surface area contributed by atoms with Crippen molar-refractivity contribution >= 4 is 46.1 Å². The van der Waals surface area contributed by atoms with Crippen LogP contribution in [0.5, 0.6) is 5.75 Å². The Morgan fingerprint density at radius 1 is 1.21 bits per heavy atom. The van der Waals surface area contributed by atoms with E-state index in [1.54, 1.807) is 31.4 Å². The Balaban J connectivity index is 2.19. The number of benzene rings is 2. The maximum absolute atomic E-state index is 9.73. The van der Waals surface area contributed by atoms with Crippen molar-refractivity contribution in [2.75, 3.05) is 19.1 Å². The van der Waals surface area contributed by atoms with E-state index < -0.39 is 0 Å². The van der Waals surface area contributed by atoms with Gasteiger partial charge in [-0.2, -0.15) is 5.26 Å². The Morgan fingerprint density at radius 2 is 1.93 bits per heavy atom. The van der Waals surface area contributed by atoms with E-state index in [1.807, 2.05) is 6.07 Å². The van der Waals surface area contributed by atoms with Crippen molar-refractivity contribution in [1.29, 1.82) is 5.26 Å². The van der Waals surface area contributed by atoms with Gasteiger partial charge >= 0.3 is 0 Å². The van der Waals surface area contributed by atoms with E-state index in [2.05, 4.69) is 50.9 Å². The van der Waals surface area contributed by atoms with E-state index >= 15 is 0 Å². The van der Waals surface area contributed by atoms with E-state index in [-0.39, 0.29) is 5.54 Å². The highest BCUT2D eigenvalue weighted by Crippen LogP contribution is 2.42. The van der Waals surface area contributed by atoms with Crippen molar-refractivity contribution in [2.24, 2.45) is 0 Å². The summed E-state index contributed by atoms with van der Waals surface area (Å²) in [4.78, 5) is 2.23. The number of halogens is 2. The first-order valence-electron chi connectivity index (χ1n) is 8.91. The summed E-state index contributed by atoms with van der Waals surface area (Å²) in [6.45, 7) is 6.46. The molecule has 2 aromatic rings. The van der Waals surface area contributed by atoms with Crippen LogP contribution in [0.4, 0.5) is 5.69 Å². The molecule has 1 heterocycles. The molecular weight excluding hydrogens is 391 g/mol. The molecule has 0 aliphatic carbocycles. The third-order valence-electron chi connectivity index (χ3n) is 5.21. The summed E-state index contributed by atoms with van der Waals surface area (Å²) in [7, 11) is 3.71. The van der Waals surface area contributed by atoms with Gasteiger partial charge in [-0.05, 0) is 50.6 Å². The van der Waals surface area contributed by atoms with Crippen molar-refractivity contribution < 1.29 is 4.74 Å². The third kappa shape index (κ3) is 3.63. The number of fused-ring (bicyclic) bond motifs is 1. The van der Waals surface area contributed by atoms with E-state index in [1.165, 1.54) is 5.57 Å². The van der Waals surface area contributed by atoms with Crippen molar-refractivity contribution in [3.63, 3.8) is 0 Å². The summed E-state index contributed by atoms with van der Waals surface area (Å²) < 4.78 is 5.64. The highest BCUT2D eigenvalue weighted by molar-refractivity contribution is 6.36. The lowest BCUT2D eigenvalue weighted by atomic mass is 9.88. The molecule has 0 saturated carbocycles. The first-order chi connectivity index (χ1) is 13.2. The van der Waals surface area contributed by atoms with Gasteiger partial charge in [-0.15, -0.1) is 0 Å². The lowest BCUT2D eigenvalue weighted by Crippen LogP contribution is -2.42. The van der Waals surface area contributed by atoms with Gasteiger partial charge in [0.05, 0.1) is 29.3 Å². The number of nitriles is 1. The van der Waals surface area contributed by atoms with E-state index in [0.717, 1.165) is 16.8 Å². The molecule has 0 spiro atoms. The molecular formula is C23H22Cl2N2O. The van der Waals surface area contributed by atoms with Crippen LogP contribution in [0.1, 0.15) is 37.5 Å². The number of hydrogen-bond donors (Lipinski definition) is 0. The average Bonchev–Trinajstić information content (AvgIpc) is 2.64. The fourth-order valence-corrected chi connectivity index (χ4v) is 4.03. The zero-order chi connectivity index (χ0) is 20.6. The molecule has 0 N–H and O–H groups in total. The van der Waals surface area contributed by atoms with Gasteiger partial charge in [-0.1, -0.05) is 35.3 Å². The SMILES string of the molecule is COc1cc2c(cc1/C=C(\C#N)c1ccc(Cl)cc1Cl)C(C)=CC(C)(C)N2C. The fourth-order valence-electron chi connectivity index (χ4n) is 3.52. The molecule has 3 nitrogen and oxygen atoms in total. The second-order valence-electron chi connectivity index (χ2n) is 7.45. The van der Waals surface area contributed by atoms with Crippen LogP contribution >= 0.6 is 23.2 Å². The van der Waals surface area contributed by atoms with Crippen LogP contribution in [-0.4, -0.2) is 19.7 Å². The van der Waals surface area contributed by atoms with Crippen molar-refractivity contribution in [1.82, 2.24) is 0 Å². The molecule has 5 heteroatoms. The minimum Gasteiger partial charge on any atom is -0.496 e. The number of anilines is 1. The Morgan fingerprint density at radius 3 is 2.54 bits per heavy atom. The first kappa shape index (κ1) is 20.3. The van der Waals surface area contributed by atoms with E-state index in [0.29, 0.717) is 26.9 Å². The van der Waals surface area contributed by atoms with Gasteiger partial charge in [-0.3, -0.25) is 0 Å². The summed E-state index contributed by atoms with van der Waals surface area (Å²) >= 11 is 12.3. The Labute approximate surface area is 176 Å². The molecule has 0 atom stereocenters. The van der Waals surface area contributed by atoms with Crippen LogP contribution in [0.2, 0.25) is 10.0 Å². The summed E-state index contributed by atoms with van der Waals surface area (Å²) in [6.07, 6.45) is 4.05. The van der Waals surface area contributed by atoms with Gasteiger partial charge in [0.2, 0.25) is 0 Å². The van der Waals surface area contributed by atoms with Gasteiger partial charge in [0.25, 0.3) is 0 Å². The fraction of sp³-hybridized carbons (Fsp3) is 0.261. The van der Waals surface area contributed by atoms with Crippen LogP contribution in [-0.2, 0) is 0 Å². The number of ether oxygens (including phenoxy) is 1. The number of allylic oxidation sites excluding steroid dienone is 2. The molecule has 28 heavy (non-hydrogen) atoms. The molecule has 2 aromatic carbocycles. The van der Waals surface area contributed by atoms with Crippen LogP contribution in [0, 0.1) is 11.3 Å². The summed E-state index contributed by atoms with van der Waals surface area (Å²) in [5.74, 6) is 0.703. The highest BCUT2D eigenvalue weighted by Gasteiger charge is 2.29. The maximum Gasteiger partial charge on any atom is 0.128 e. The van der Waals surface area contributed by atoms with Crippen LogP contribution < -0.4 is 9.64 Å². The zero-order valence-electron chi connectivity index (χ0n) is 16.6. The molecule has 144 valence electrons. The standard InChI is InChI=1S/C23H22Cl2N2O/c1-14-12-23(2,3)27(4)21-11-22(28-5)15(9-19(14)21)8-16(13-26)18-7-6-17(24)10-20(18)25/h6-12H,1-5H3/b16-8+.